The van der Waals surface area contributed by atoms with Gasteiger partial charge in [0.1, 0.15) is 0 Å². The average molecular weight is 211 g/mol. The zero-order valence-corrected chi connectivity index (χ0v) is 7.84. The van der Waals surface area contributed by atoms with Crippen molar-refractivity contribution in [3.05, 3.63) is 29.6 Å². The Labute approximate surface area is 95.5 Å². The summed E-state index contributed by atoms with van der Waals surface area (Å²) in [6, 6.07) is 1.01. The van der Waals surface area contributed by atoms with Gasteiger partial charge in [0, 0.05) is 24.8 Å². The molecule has 0 aliphatic rings. The monoisotopic (exact) mass is 211 g/mol. The van der Waals surface area contributed by atoms with Crippen LogP contribution < -0.4 is 24.0 Å². The van der Waals surface area contributed by atoms with Gasteiger partial charge in [0.25, 0.3) is 0 Å². The largest absolute Gasteiger partial charge is 1.00 e. The van der Waals surface area contributed by atoms with Gasteiger partial charge in [-0.25, -0.2) is 0 Å². The number of pyridine rings is 1. The predicted molar refractivity (Wildman–Crippen MR) is 38.0 cm³/mol. The van der Waals surface area contributed by atoms with E-state index < -0.39 is 24.1 Å². The Morgan fingerprint density at radius 1 is 1.47 bits per heavy atom. The molecule has 0 aliphatic heterocycles. The third-order valence-electron chi connectivity index (χ3n) is 1.55. The van der Waals surface area contributed by atoms with Gasteiger partial charge in [0.15, 0.2) is 0 Å². The molecule has 0 atom stereocenters. The fourth-order valence-electron chi connectivity index (χ4n) is 0.988. The van der Waals surface area contributed by atoms with Crippen LogP contribution in [-0.2, 0) is 17.4 Å². The summed E-state index contributed by atoms with van der Waals surface area (Å²) in [7, 11) is 0. The number of nitrogens with zero attached hydrogens (tertiary/aromatic N) is 1. The fourth-order valence-corrected chi connectivity index (χ4v) is 0.988. The summed E-state index contributed by atoms with van der Waals surface area (Å²) in [6.45, 7) is 0. The van der Waals surface area contributed by atoms with E-state index in [9.17, 15) is 23.1 Å². The van der Waals surface area contributed by atoms with Gasteiger partial charge in [0.2, 0.25) is 0 Å². The number of hydrogen-bond donors (Lipinski definition) is 0. The van der Waals surface area contributed by atoms with E-state index >= 15 is 0 Å². The smallest absolute Gasteiger partial charge is 0.550 e. The number of carbonyl (C=O) groups excluding carboxylic acids is 1. The van der Waals surface area contributed by atoms with Crippen LogP contribution in [-0.4, -0.2) is 11.0 Å². The van der Waals surface area contributed by atoms with Crippen LogP contribution in [0.2, 0.25) is 0 Å². The second-order valence-corrected chi connectivity index (χ2v) is 2.58. The van der Waals surface area contributed by atoms with Crippen molar-refractivity contribution in [1.82, 2.24) is 4.98 Å². The van der Waals surface area contributed by atoms with Crippen molar-refractivity contribution >= 4 is 5.97 Å². The van der Waals surface area contributed by atoms with Gasteiger partial charge >= 0.3 is 25.0 Å². The first-order valence-corrected chi connectivity index (χ1v) is 3.61. The Hall–Kier alpha value is -0.993. The number of aliphatic carboxylic acids is 1. The maximum absolute atomic E-state index is 12.2. The number of carboxylic acids is 1. The van der Waals surface area contributed by atoms with Gasteiger partial charge in [-0.3, -0.25) is 4.98 Å². The number of aromatic nitrogens is 1. The molecule has 0 radical (unpaired) electrons. The Kier molecular flexibility index (Phi) is 4.85. The molecule has 15 heavy (non-hydrogen) atoms. The van der Waals surface area contributed by atoms with Crippen LogP contribution in [0.5, 0.6) is 0 Å². The van der Waals surface area contributed by atoms with Gasteiger partial charge in [-0.05, 0) is 11.6 Å². The second-order valence-electron chi connectivity index (χ2n) is 2.58. The van der Waals surface area contributed by atoms with Crippen molar-refractivity contribution < 1.29 is 41.9 Å². The summed E-state index contributed by atoms with van der Waals surface area (Å²) >= 11 is 0. The maximum atomic E-state index is 12.2. The summed E-state index contributed by atoms with van der Waals surface area (Å²) in [5.74, 6) is -1.55. The number of rotatable bonds is 2. The molecule has 76 valence electrons. The van der Waals surface area contributed by atoms with Gasteiger partial charge < -0.3 is 9.90 Å². The SMILES string of the molecule is O=C([O-])Cc1ccncc1C(F)(F)F.[Li+]. The molecule has 0 unspecified atom stereocenters. The normalized spacial score (nSPS) is 10.6. The van der Waals surface area contributed by atoms with Crippen molar-refractivity contribution in [3.8, 4) is 0 Å². The van der Waals surface area contributed by atoms with Crippen LogP contribution in [0, 0.1) is 0 Å². The Balaban J connectivity index is 0.00000196. The quantitative estimate of drug-likeness (QED) is 0.504. The average Bonchev–Trinajstić information content (AvgIpc) is 2.01. The summed E-state index contributed by atoms with van der Waals surface area (Å²) in [5, 5.41) is 10.1. The van der Waals surface area contributed by atoms with Crippen molar-refractivity contribution in [2.45, 2.75) is 12.6 Å². The number of carbonyl (C=O) groups is 1. The molecule has 0 aromatic carbocycles. The first-order valence-electron chi connectivity index (χ1n) is 3.61. The molecule has 0 bridgehead atoms. The molecule has 7 heteroatoms. The molecule has 0 fully saturated rings. The molecular weight excluding hydrogens is 206 g/mol. The zero-order chi connectivity index (χ0) is 10.8. The standard InChI is InChI=1S/C8H6F3NO2.Li/c9-8(10,11)6-4-12-2-1-5(6)3-7(13)14;/h1-2,4H,3H2,(H,13,14);/q;+1/p-1. The molecule has 1 aromatic rings. The third-order valence-corrected chi connectivity index (χ3v) is 1.55. The molecule has 0 saturated heterocycles. The zero-order valence-electron chi connectivity index (χ0n) is 7.84. The van der Waals surface area contributed by atoms with Crippen LogP contribution in [0.1, 0.15) is 11.1 Å². The molecule has 1 aromatic heterocycles. The van der Waals surface area contributed by atoms with E-state index in [4.69, 9.17) is 0 Å². The van der Waals surface area contributed by atoms with Crippen LogP contribution in [0.15, 0.2) is 18.5 Å². The first kappa shape index (κ1) is 14.0. The van der Waals surface area contributed by atoms with E-state index in [0.29, 0.717) is 6.20 Å². The van der Waals surface area contributed by atoms with E-state index in [1.54, 1.807) is 0 Å². The van der Waals surface area contributed by atoms with Crippen LogP contribution in [0.25, 0.3) is 0 Å². The first-order chi connectivity index (χ1) is 6.41. The van der Waals surface area contributed by atoms with Crippen molar-refractivity contribution in [3.63, 3.8) is 0 Å². The van der Waals surface area contributed by atoms with Crippen LogP contribution in [0.3, 0.4) is 0 Å². The molecule has 0 aliphatic carbocycles. The molecule has 3 nitrogen and oxygen atoms in total. The van der Waals surface area contributed by atoms with E-state index in [-0.39, 0.29) is 24.4 Å². The topological polar surface area (TPSA) is 53.0 Å². The second kappa shape index (κ2) is 5.19. The molecule has 0 N–H and O–H groups in total. The van der Waals surface area contributed by atoms with E-state index in [0.717, 1.165) is 12.3 Å². The number of alkyl halides is 3. The molecule has 1 heterocycles. The Bertz CT molecular complexity index is 354. The summed E-state index contributed by atoms with van der Waals surface area (Å²) in [4.78, 5) is 13.4. The maximum Gasteiger partial charge on any atom is 1.00 e. The van der Waals surface area contributed by atoms with E-state index in [1.807, 2.05) is 0 Å². The summed E-state index contributed by atoms with van der Waals surface area (Å²) in [5.41, 5.74) is -1.38. The molecule has 0 saturated carbocycles. The molecule has 1 rings (SSSR count). The van der Waals surface area contributed by atoms with Gasteiger partial charge in [-0.2, -0.15) is 13.2 Å². The van der Waals surface area contributed by atoms with E-state index in [2.05, 4.69) is 4.98 Å². The number of hydrogen-bond acceptors (Lipinski definition) is 3. The molecule has 0 amide bonds. The minimum absolute atomic E-state index is 0. The van der Waals surface area contributed by atoms with E-state index in [1.165, 1.54) is 0 Å². The number of carboxylic acid groups (broad SMARTS) is 1. The van der Waals surface area contributed by atoms with Crippen molar-refractivity contribution in [2.75, 3.05) is 0 Å². The van der Waals surface area contributed by atoms with Crippen molar-refractivity contribution in [2.24, 2.45) is 0 Å². The van der Waals surface area contributed by atoms with Gasteiger partial charge in [-0.15, -0.1) is 0 Å². The molecular formula is C8H5F3LiNO2. The summed E-state index contributed by atoms with van der Waals surface area (Å²) < 4.78 is 36.7. The van der Waals surface area contributed by atoms with Crippen molar-refractivity contribution in [1.29, 1.82) is 0 Å². The van der Waals surface area contributed by atoms with Gasteiger partial charge in [-0.1, -0.05) is 0 Å². The van der Waals surface area contributed by atoms with Gasteiger partial charge in [0.05, 0.1) is 5.56 Å². The Morgan fingerprint density at radius 3 is 2.53 bits per heavy atom. The van der Waals surface area contributed by atoms with Crippen LogP contribution >= 0.6 is 0 Å². The van der Waals surface area contributed by atoms with Crippen LogP contribution in [0.4, 0.5) is 13.2 Å². The fraction of sp³-hybridized carbons (Fsp3) is 0.250. The Morgan fingerprint density at radius 2 is 2.07 bits per heavy atom. The number of halogens is 3. The minimum Gasteiger partial charge on any atom is -0.550 e. The predicted octanol–water partition coefficient (Wildman–Crippen LogP) is -2.60. The third kappa shape index (κ3) is 3.94. The molecule has 0 spiro atoms. The summed E-state index contributed by atoms with van der Waals surface area (Å²) in [6.07, 6.45) is -3.65. The minimum atomic E-state index is -4.58.